The second kappa shape index (κ2) is 11.6. The minimum Gasteiger partial charge on any atom is -0.309 e. The van der Waals surface area contributed by atoms with Gasteiger partial charge < -0.3 is 4.57 Å². The Morgan fingerprint density at radius 3 is 1.92 bits per heavy atom. The number of benzene rings is 7. The van der Waals surface area contributed by atoms with Crippen LogP contribution in [0.3, 0.4) is 0 Å². The Labute approximate surface area is 280 Å². The molecule has 1 aromatic heterocycles. The number of nitrogens with zero attached hydrogens (tertiary/aromatic N) is 1. The number of aromatic nitrogens is 1. The molecule has 0 fully saturated rings. The molecule has 0 saturated heterocycles. The second-order valence-corrected chi connectivity index (χ2v) is 12.6. The summed E-state index contributed by atoms with van der Waals surface area (Å²) in [5.74, 6) is 0. The van der Waals surface area contributed by atoms with Crippen molar-refractivity contribution >= 4 is 55.5 Å². The van der Waals surface area contributed by atoms with Crippen molar-refractivity contribution in [2.45, 2.75) is 6.92 Å². The summed E-state index contributed by atoms with van der Waals surface area (Å²) in [6, 6.07) is 51.4. The van der Waals surface area contributed by atoms with Crippen molar-refractivity contribution in [3.63, 3.8) is 0 Å². The van der Waals surface area contributed by atoms with Gasteiger partial charge in [-0.05, 0) is 98.4 Å². The van der Waals surface area contributed by atoms with Crippen LogP contribution in [0.4, 0.5) is 0 Å². The quantitative estimate of drug-likeness (QED) is 0.187. The summed E-state index contributed by atoms with van der Waals surface area (Å²) in [4.78, 5) is 0. The molecule has 1 heteroatoms. The summed E-state index contributed by atoms with van der Waals surface area (Å²) in [5, 5.41) is 7.53. The summed E-state index contributed by atoms with van der Waals surface area (Å²) in [7, 11) is 0. The third-order valence-corrected chi connectivity index (χ3v) is 9.65. The van der Waals surface area contributed by atoms with E-state index in [1.54, 1.807) is 0 Å². The number of allylic oxidation sites excluding steroid dienone is 6. The molecule has 9 rings (SSSR count). The molecule has 0 saturated carbocycles. The predicted octanol–water partition coefficient (Wildman–Crippen LogP) is 13.0. The Bertz CT molecular complexity index is 2660. The Morgan fingerprint density at radius 1 is 0.458 bits per heavy atom. The minimum atomic E-state index is 1.16. The van der Waals surface area contributed by atoms with E-state index in [4.69, 9.17) is 0 Å². The van der Waals surface area contributed by atoms with Crippen molar-refractivity contribution in [3.8, 4) is 27.9 Å². The molecule has 1 heterocycles. The summed E-state index contributed by atoms with van der Waals surface area (Å²) in [6.07, 6.45) is 15.1. The highest BCUT2D eigenvalue weighted by Crippen LogP contribution is 2.40. The molecule has 0 N–H and O–H groups in total. The van der Waals surface area contributed by atoms with Crippen LogP contribution in [0.2, 0.25) is 0 Å². The highest BCUT2D eigenvalue weighted by atomic mass is 15.0. The fraction of sp³-hybridized carbons (Fsp3) is 0.0213. The van der Waals surface area contributed by atoms with E-state index in [1.807, 2.05) is 6.92 Å². The molecule has 0 unspecified atom stereocenters. The molecule has 48 heavy (non-hydrogen) atoms. The molecule has 7 aromatic carbocycles. The molecule has 1 aliphatic carbocycles. The van der Waals surface area contributed by atoms with Crippen LogP contribution in [-0.4, -0.2) is 4.57 Å². The third-order valence-electron chi connectivity index (χ3n) is 9.65. The lowest BCUT2D eigenvalue weighted by molar-refractivity contribution is 1.19. The van der Waals surface area contributed by atoms with Gasteiger partial charge in [0.25, 0.3) is 0 Å². The van der Waals surface area contributed by atoms with Gasteiger partial charge in [-0.1, -0.05) is 146 Å². The van der Waals surface area contributed by atoms with Crippen molar-refractivity contribution in [1.82, 2.24) is 4.57 Å². The van der Waals surface area contributed by atoms with E-state index in [0.717, 1.165) is 5.69 Å². The molecular weight excluding hydrogens is 579 g/mol. The Kier molecular flexibility index (Phi) is 6.76. The van der Waals surface area contributed by atoms with Crippen LogP contribution < -0.4 is 0 Å². The zero-order chi connectivity index (χ0) is 32.0. The largest absolute Gasteiger partial charge is 0.309 e. The normalized spacial score (nSPS) is 13.7. The molecule has 0 amide bonds. The predicted molar refractivity (Wildman–Crippen MR) is 208 cm³/mol. The summed E-state index contributed by atoms with van der Waals surface area (Å²) < 4.78 is 2.45. The maximum atomic E-state index is 2.45. The van der Waals surface area contributed by atoms with Crippen molar-refractivity contribution in [2.75, 3.05) is 0 Å². The SMILES string of the molecule is C/C=C\C=C1/C=Cc2ccc(-c3ccc4c(ccc5c6ccc(-c7ccc8ccccc8c7)cc6n(-c6ccccc6)c45)c3)cc2C=C1. The first-order valence-electron chi connectivity index (χ1n) is 16.6. The van der Waals surface area contributed by atoms with Crippen LogP contribution in [-0.2, 0) is 0 Å². The zero-order valence-corrected chi connectivity index (χ0v) is 26.8. The van der Waals surface area contributed by atoms with Gasteiger partial charge in [-0.2, -0.15) is 0 Å². The first-order valence-corrected chi connectivity index (χ1v) is 16.6. The van der Waals surface area contributed by atoms with Crippen LogP contribution in [0.25, 0.3) is 83.4 Å². The molecule has 1 aliphatic rings. The summed E-state index contributed by atoms with van der Waals surface area (Å²) in [5.41, 5.74) is 12.2. The maximum Gasteiger partial charge on any atom is 0.0619 e. The molecule has 0 radical (unpaired) electrons. The lowest BCUT2D eigenvalue weighted by atomic mass is 9.96. The van der Waals surface area contributed by atoms with Crippen molar-refractivity contribution in [2.24, 2.45) is 0 Å². The topological polar surface area (TPSA) is 4.93 Å². The maximum absolute atomic E-state index is 2.45. The number of fused-ring (bicyclic) bond motifs is 7. The molecule has 226 valence electrons. The van der Waals surface area contributed by atoms with Gasteiger partial charge >= 0.3 is 0 Å². The number of hydrogen-bond acceptors (Lipinski definition) is 0. The smallest absolute Gasteiger partial charge is 0.0619 e. The van der Waals surface area contributed by atoms with Crippen molar-refractivity contribution < 1.29 is 0 Å². The molecule has 1 nitrogen and oxygen atoms in total. The van der Waals surface area contributed by atoms with E-state index in [9.17, 15) is 0 Å². The van der Waals surface area contributed by atoms with Gasteiger partial charge in [-0.3, -0.25) is 0 Å². The average Bonchev–Trinajstić information content (AvgIpc) is 3.34. The summed E-state index contributed by atoms with van der Waals surface area (Å²) >= 11 is 0. The zero-order valence-electron chi connectivity index (χ0n) is 26.8. The van der Waals surface area contributed by atoms with Gasteiger partial charge in [0.1, 0.15) is 0 Å². The van der Waals surface area contributed by atoms with Gasteiger partial charge in [-0.15, -0.1) is 0 Å². The fourth-order valence-corrected chi connectivity index (χ4v) is 7.21. The molecule has 0 atom stereocenters. The van der Waals surface area contributed by atoms with E-state index in [0.29, 0.717) is 0 Å². The van der Waals surface area contributed by atoms with E-state index < -0.39 is 0 Å². The van der Waals surface area contributed by atoms with E-state index in [-0.39, 0.29) is 0 Å². The minimum absolute atomic E-state index is 1.16. The fourth-order valence-electron chi connectivity index (χ4n) is 7.21. The van der Waals surface area contributed by atoms with Crippen LogP contribution in [0.15, 0.2) is 175 Å². The Balaban J connectivity index is 1.20. The number of rotatable bonds is 4. The van der Waals surface area contributed by atoms with Gasteiger partial charge in [-0.25, -0.2) is 0 Å². The standard InChI is InChI=1S/C47H33N/c1-2-3-9-32-14-16-34-19-21-37(29-36(34)17-15-32)39-22-25-43-41(30-39)24-27-45-44-26-23-40(38-20-18-33-10-7-8-11-35(33)28-38)31-46(44)48(47(43)45)42-12-5-4-6-13-42/h2-31H,1H3/b3-2-,32-9+. The monoisotopic (exact) mass is 611 g/mol. The number of para-hydroxylation sites is 1. The lowest BCUT2D eigenvalue weighted by Gasteiger charge is -2.12. The van der Waals surface area contributed by atoms with Crippen molar-refractivity contribution in [1.29, 1.82) is 0 Å². The lowest BCUT2D eigenvalue weighted by Crippen LogP contribution is -1.94. The van der Waals surface area contributed by atoms with Gasteiger partial charge in [0, 0.05) is 21.8 Å². The van der Waals surface area contributed by atoms with Crippen LogP contribution >= 0.6 is 0 Å². The molecule has 0 bridgehead atoms. The highest BCUT2D eigenvalue weighted by molar-refractivity contribution is 6.19. The van der Waals surface area contributed by atoms with Gasteiger partial charge in [0.15, 0.2) is 0 Å². The highest BCUT2D eigenvalue weighted by Gasteiger charge is 2.17. The number of hydrogen-bond donors (Lipinski definition) is 0. The molecular formula is C47H33N. The Hall–Kier alpha value is -6.18. The molecule has 8 aromatic rings. The average molecular weight is 612 g/mol. The summed E-state index contributed by atoms with van der Waals surface area (Å²) in [6.45, 7) is 2.04. The second-order valence-electron chi connectivity index (χ2n) is 12.6. The van der Waals surface area contributed by atoms with E-state index in [2.05, 4.69) is 187 Å². The van der Waals surface area contributed by atoms with Gasteiger partial charge in [0.2, 0.25) is 0 Å². The molecule has 0 aliphatic heterocycles. The third kappa shape index (κ3) is 4.80. The van der Waals surface area contributed by atoms with Crippen molar-refractivity contribution in [3.05, 3.63) is 187 Å². The van der Waals surface area contributed by atoms with Crippen LogP contribution in [0.5, 0.6) is 0 Å². The first-order chi connectivity index (χ1) is 23.7. The first kappa shape index (κ1) is 28.1. The molecule has 0 spiro atoms. The van der Waals surface area contributed by atoms with E-state index in [1.165, 1.54) is 82.3 Å². The van der Waals surface area contributed by atoms with Crippen LogP contribution in [0, 0.1) is 0 Å². The van der Waals surface area contributed by atoms with E-state index >= 15 is 0 Å². The Morgan fingerprint density at radius 2 is 1.08 bits per heavy atom. The van der Waals surface area contributed by atoms with Crippen LogP contribution in [0.1, 0.15) is 18.1 Å². The van der Waals surface area contributed by atoms with Gasteiger partial charge in [0.05, 0.1) is 11.0 Å².